The minimum Gasteiger partial charge on any atom is -0.481 e. The number of aliphatic imine (C=N–C) groups is 1. The van der Waals surface area contributed by atoms with Gasteiger partial charge in [0.05, 0.1) is 13.7 Å². The van der Waals surface area contributed by atoms with E-state index in [0.717, 1.165) is 30.8 Å². The summed E-state index contributed by atoms with van der Waals surface area (Å²) < 4.78 is 5.04. The number of ether oxygens (including phenoxy) is 1. The fraction of sp³-hybridized carbons (Fsp3) is 0.320. The van der Waals surface area contributed by atoms with Crippen LogP contribution in [-0.4, -0.2) is 54.7 Å². The number of benzene rings is 2. The molecule has 7 nitrogen and oxygen atoms in total. The molecule has 8 heteroatoms. The van der Waals surface area contributed by atoms with Crippen LogP contribution in [0.2, 0.25) is 0 Å². The Labute approximate surface area is 198 Å². The number of dihydropyridines is 1. The van der Waals surface area contributed by atoms with Crippen molar-refractivity contribution < 1.29 is 14.3 Å². The summed E-state index contributed by atoms with van der Waals surface area (Å²) in [5, 5.41) is 5.81. The molecule has 2 aromatic rings. The molecule has 172 valence electrons. The molecule has 4 rings (SSSR count). The highest BCUT2D eigenvalue weighted by atomic mass is 35.5. The zero-order chi connectivity index (χ0) is 23.4. The Morgan fingerprint density at radius 2 is 2.06 bits per heavy atom. The number of hydrogen-bond acceptors (Lipinski definition) is 5. The van der Waals surface area contributed by atoms with Gasteiger partial charge in [0.2, 0.25) is 11.8 Å². The number of fused-ring (bicyclic) bond motifs is 1. The van der Waals surface area contributed by atoms with Crippen LogP contribution in [0, 0.1) is 0 Å². The van der Waals surface area contributed by atoms with Crippen molar-refractivity contribution in [2.75, 3.05) is 32.6 Å². The topological polar surface area (TPSA) is 83.0 Å². The van der Waals surface area contributed by atoms with Crippen LogP contribution >= 0.6 is 11.6 Å². The van der Waals surface area contributed by atoms with Crippen molar-refractivity contribution in [1.82, 2.24) is 10.2 Å². The van der Waals surface area contributed by atoms with Crippen molar-refractivity contribution in [2.45, 2.75) is 24.4 Å². The van der Waals surface area contributed by atoms with Gasteiger partial charge >= 0.3 is 0 Å². The normalized spacial score (nSPS) is 19.9. The number of nitrogens with one attached hydrogen (secondary N) is 2. The lowest BCUT2D eigenvalue weighted by atomic mass is 9.99. The van der Waals surface area contributed by atoms with Gasteiger partial charge in [0.15, 0.2) is 4.87 Å². The van der Waals surface area contributed by atoms with Gasteiger partial charge in [-0.3, -0.25) is 9.59 Å². The number of carbonyl (C=O) groups is 2. The van der Waals surface area contributed by atoms with Crippen molar-refractivity contribution in [3.05, 3.63) is 76.9 Å². The Kier molecular flexibility index (Phi) is 6.81. The zero-order valence-corrected chi connectivity index (χ0v) is 19.5. The lowest BCUT2D eigenvalue weighted by Crippen LogP contribution is -2.44. The number of halogens is 1. The highest BCUT2D eigenvalue weighted by molar-refractivity contribution is 6.37. The Balaban J connectivity index is 1.37. The van der Waals surface area contributed by atoms with E-state index in [1.807, 2.05) is 18.2 Å². The summed E-state index contributed by atoms with van der Waals surface area (Å²) in [7, 11) is 3.61. The second-order valence-electron chi connectivity index (χ2n) is 8.36. The van der Waals surface area contributed by atoms with Crippen LogP contribution in [0.3, 0.4) is 0 Å². The maximum atomic E-state index is 12.8. The summed E-state index contributed by atoms with van der Waals surface area (Å²) in [5.41, 5.74) is 4.66. The predicted molar refractivity (Wildman–Crippen MR) is 130 cm³/mol. The van der Waals surface area contributed by atoms with E-state index in [0.29, 0.717) is 11.5 Å². The molecule has 2 aliphatic heterocycles. The second kappa shape index (κ2) is 9.77. The van der Waals surface area contributed by atoms with E-state index in [1.54, 1.807) is 30.4 Å². The molecule has 2 aliphatic rings. The summed E-state index contributed by atoms with van der Waals surface area (Å²) in [6.45, 7) is 2.27. The van der Waals surface area contributed by atoms with E-state index in [-0.39, 0.29) is 24.9 Å². The fourth-order valence-corrected chi connectivity index (χ4v) is 4.10. The third-order valence-electron chi connectivity index (χ3n) is 5.85. The molecule has 0 aliphatic carbocycles. The molecule has 1 unspecified atom stereocenters. The van der Waals surface area contributed by atoms with Gasteiger partial charge in [0.1, 0.15) is 0 Å². The molecule has 2 aromatic carbocycles. The van der Waals surface area contributed by atoms with E-state index in [9.17, 15) is 9.59 Å². The van der Waals surface area contributed by atoms with E-state index >= 15 is 0 Å². The van der Waals surface area contributed by atoms with Crippen molar-refractivity contribution in [3.8, 4) is 0 Å². The Hall–Kier alpha value is -3.16. The fourth-order valence-electron chi connectivity index (χ4n) is 3.91. The molecule has 0 radical (unpaired) electrons. The highest BCUT2D eigenvalue weighted by Gasteiger charge is 2.35. The van der Waals surface area contributed by atoms with Crippen LogP contribution in [0.25, 0.3) is 0 Å². The largest absolute Gasteiger partial charge is 0.481 e. The average Bonchev–Trinajstić information content (AvgIpc) is 2.83. The van der Waals surface area contributed by atoms with Crippen molar-refractivity contribution >= 4 is 35.0 Å². The summed E-state index contributed by atoms with van der Waals surface area (Å²) in [4.78, 5) is 30.6. The molecule has 33 heavy (non-hydrogen) atoms. The molecular weight excluding hydrogens is 440 g/mol. The molecule has 0 bridgehead atoms. The lowest BCUT2D eigenvalue weighted by molar-refractivity contribution is -0.122. The maximum Gasteiger partial charge on any atom is 0.255 e. The maximum absolute atomic E-state index is 12.8. The lowest BCUT2D eigenvalue weighted by Gasteiger charge is -2.25. The highest BCUT2D eigenvalue weighted by Crippen LogP contribution is 2.23. The molecule has 2 heterocycles. The molecule has 0 aromatic heterocycles. The van der Waals surface area contributed by atoms with Gasteiger partial charge < -0.3 is 20.3 Å². The molecular formula is C25H27ClN4O3. The average molecular weight is 467 g/mol. The first-order valence-corrected chi connectivity index (χ1v) is 11.2. The summed E-state index contributed by atoms with van der Waals surface area (Å²) in [6.07, 6.45) is 4.18. The number of nitrogens with zero attached hydrogens (tertiary/aromatic N) is 2. The minimum atomic E-state index is -1.25. The van der Waals surface area contributed by atoms with Gasteiger partial charge in [-0.1, -0.05) is 18.2 Å². The van der Waals surface area contributed by atoms with Gasteiger partial charge in [-0.05, 0) is 66.6 Å². The second-order valence-corrected chi connectivity index (χ2v) is 9.04. The summed E-state index contributed by atoms with van der Waals surface area (Å²) in [6, 6.07) is 13.2. The molecule has 1 atom stereocenters. The van der Waals surface area contributed by atoms with Crippen molar-refractivity contribution in [2.24, 2.45) is 4.99 Å². The number of carbonyl (C=O) groups excluding carboxylic acids is 2. The minimum absolute atomic E-state index is 0.0963. The van der Waals surface area contributed by atoms with Crippen LogP contribution in [-0.2, 0) is 29.0 Å². The monoisotopic (exact) mass is 466 g/mol. The van der Waals surface area contributed by atoms with Crippen LogP contribution in [0.1, 0.15) is 27.0 Å². The van der Waals surface area contributed by atoms with E-state index in [2.05, 4.69) is 33.6 Å². The molecule has 0 saturated carbocycles. The number of anilines is 1. The van der Waals surface area contributed by atoms with E-state index < -0.39 is 4.87 Å². The zero-order valence-electron chi connectivity index (χ0n) is 18.7. The SMILES string of the molecule is COC1=NCC(Cl)(C(=O)NCc2cccc(C(=O)Nc3ccc4c(c3)CN(C)CC4)c2)C=C1. The number of alkyl halides is 1. The first-order valence-electron chi connectivity index (χ1n) is 10.8. The Morgan fingerprint density at radius 1 is 1.21 bits per heavy atom. The smallest absolute Gasteiger partial charge is 0.255 e. The van der Waals surface area contributed by atoms with Gasteiger partial charge in [0, 0.05) is 30.9 Å². The van der Waals surface area contributed by atoms with Crippen molar-refractivity contribution in [1.29, 1.82) is 0 Å². The summed E-state index contributed by atoms with van der Waals surface area (Å²) in [5.74, 6) is -0.116. The number of methoxy groups -OCH3 is 1. The quantitative estimate of drug-likeness (QED) is 0.663. The predicted octanol–water partition coefficient (Wildman–Crippen LogP) is 3.14. The number of rotatable bonds is 5. The van der Waals surface area contributed by atoms with Crippen LogP contribution in [0.4, 0.5) is 5.69 Å². The van der Waals surface area contributed by atoms with E-state index in [1.165, 1.54) is 18.2 Å². The molecule has 2 N–H and O–H groups in total. The first kappa shape index (κ1) is 23.0. The van der Waals surface area contributed by atoms with Gasteiger partial charge in [-0.25, -0.2) is 4.99 Å². The third kappa shape index (κ3) is 5.43. The molecule has 0 saturated heterocycles. The van der Waals surface area contributed by atoms with Gasteiger partial charge in [0.25, 0.3) is 5.91 Å². The molecule has 0 fully saturated rings. The standard InChI is InChI=1S/C25H27ClN4O3/c1-30-11-9-18-6-7-21(13-20(18)15-30)29-23(31)19-5-3-4-17(12-19)14-27-24(32)25(26)10-8-22(33-2)28-16-25/h3-8,10,12-13H,9,11,14-16H2,1-2H3,(H,27,32)(H,29,31). The Morgan fingerprint density at radius 3 is 2.82 bits per heavy atom. The van der Waals surface area contributed by atoms with E-state index in [4.69, 9.17) is 16.3 Å². The summed E-state index contributed by atoms with van der Waals surface area (Å²) >= 11 is 6.42. The first-order chi connectivity index (χ1) is 15.9. The van der Waals surface area contributed by atoms with Crippen LogP contribution in [0.5, 0.6) is 0 Å². The van der Waals surface area contributed by atoms with Crippen LogP contribution in [0.15, 0.2) is 59.6 Å². The number of hydrogen-bond donors (Lipinski definition) is 2. The molecule has 0 spiro atoms. The Bertz CT molecular complexity index is 1130. The van der Waals surface area contributed by atoms with Crippen molar-refractivity contribution in [3.63, 3.8) is 0 Å². The van der Waals surface area contributed by atoms with Gasteiger partial charge in [-0.2, -0.15) is 0 Å². The number of amides is 2. The van der Waals surface area contributed by atoms with Gasteiger partial charge in [-0.15, -0.1) is 11.6 Å². The molecule has 2 amide bonds. The number of likely N-dealkylation sites (N-methyl/N-ethyl adjacent to an activating group) is 1. The third-order valence-corrected chi connectivity index (χ3v) is 6.27. The van der Waals surface area contributed by atoms with Crippen LogP contribution < -0.4 is 10.6 Å².